The van der Waals surface area contributed by atoms with E-state index in [0.717, 1.165) is 15.1 Å². The minimum Gasteiger partial charge on any atom is -0.210 e. The third kappa shape index (κ3) is 4.92. The zero-order valence-corrected chi connectivity index (χ0v) is 15.3. The van der Waals surface area contributed by atoms with Crippen molar-refractivity contribution in [3.05, 3.63) is 14.7 Å². The molecular weight excluding hydrogens is 402 g/mol. The number of thiophene rings is 1. The van der Waals surface area contributed by atoms with Crippen LogP contribution in [0.1, 0.15) is 25.1 Å². The Morgan fingerprint density at radius 1 is 1.44 bits per heavy atom. The number of nitrogens with one attached hydrogen (secondary N) is 1. The van der Waals surface area contributed by atoms with Crippen molar-refractivity contribution in [1.29, 1.82) is 0 Å². The van der Waals surface area contributed by atoms with E-state index in [4.69, 9.17) is 0 Å². The fourth-order valence-corrected chi connectivity index (χ4v) is 6.19. The molecule has 0 bridgehead atoms. The molecule has 1 unspecified atom stereocenters. The molecule has 0 saturated carbocycles. The number of halogens is 2. The van der Waals surface area contributed by atoms with E-state index in [1.807, 2.05) is 6.92 Å². The van der Waals surface area contributed by atoms with Crippen LogP contribution in [-0.2, 0) is 10.0 Å². The summed E-state index contributed by atoms with van der Waals surface area (Å²) >= 11 is 8.23. The van der Waals surface area contributed by atoms with Crippen molar-refractivity contribution in [3.63, 3.8) is 0 Å². The molecule has 1 atom stereocenters. The quantitative estimate of drug-likeness (QED) is 0.711. The highest BCUT2D eigenvalue weighted by Crippen LogP contribution is 2.29. The Morgan fingerprint density at radius 2 is 2.06 bits per heavy atom. The summed E-state index contributed by atoms with van der Waals surface area (Å²) in [7, 11) is -3.40. The van der Waals surface area contributed by atoms with Gasteiger partial charge in [0.1, 0.15) is 0 Å². The first-order chi connectivity index (χ1) is 8.22. The number of sulfonamides is 1. The molecule has 3 nitrogen and oxygen atoms in total. The van der Waals surface area contributed by atoms with Gasteiger partial charge in [-0.15, -0.1) is 11.3 Å². The van der Waals surface area contributed by atoms with Gasteiger partial charge < -0.3 is 0 Å². The Labute approximate surface area is 130 Å². The highest BCUT2D eigenvalue weighted by Gasteiger charge is 2.20. The Bertz CT molecular complexity index is 497. The van der Waals surface area contributed by atoms with E-state index < -0.39 is 10.0 Å². The highest BCUT2D eigenvalue weighted by molar-refractivity contribution is 9.11. The van der Waals surface area contributed by atoms with Gasteiger partial charge in [-0.3, -0.25) is 0 Å². The summed E-state index contributed by atoms with van der Waals surface area (Å²) in [5, 5.41) is 0. The van der Waals surface area contributed by atoms with Gasteiger partial charge in [-0.2, -0.15) is 0 Å². The van der Waals surface area contributed by atoms with Crippen LogP contribution in [0.4, 0.5) is 0 Å². The van der Waals surface area contributed by atoms with Crippen LogP contribution < -0.4 is 4.72 Å². The lowest BCUT2D eigenvalue weighted by Gasteiger charge is -2.13. The lowest BCUT2D eigenvalue weighted by Crippen LogP contribution is -2.30. The third-order valence-corrected chi connectivity index (χ3v) is 6.28. The molecule has 0 aliphatic heterocycles. The topological polar surface area (TPSA) is 46.2 Å². The van der Waals surface area contributed by atoms with Crippen molar-refractivity contribution < 1.29 is 8.42 Å². The van der Waals surface area contributed by atoms with Crippen molar-refractivity contribution in [1.82, 2.24) is 4.72 Å². The molecule has 1 aromatic heterocycles. The molecular formula is C11H17Br2NO2S2. The van der Waals surface area contributed by atoms with E-state index in [1.165, 1.54) is 11.3 Å². The summed E-state index contributed by atoms with van der Waals surface area (Å²) in [6.45, 7) is 6.45. The van der Waals surface area contributed by atoms with E-state index in [1.54, 1.807) is 6.07 Å². The molecule has 0 radical (unpaired) electrons. The zero-order chi connectivity index (χ0) is 13.9. The molecule has 1 rings (SSSR count). The monoisotopic (exact) mass is 417 g/mol. The van der Waals surface area contributed by atoms with Crippen LogP contribution in [0, 0.1) is 12.8 Å². The summed E-state index contributed by atoms with van der Waals surface area (Å²) in [6.07, 6.45) is 0.939. The maximum Gasteiger partial charge on any atom is 0.241 e. The third-order valence-electron chi connectivity index (χ3n) is 2.35. The smallest absolute Gasteiger partial charge is 0.210 e. The predicted molar refractivity (Wildman–Crippen MR) is 84.1 cm³/mol. The summed E-state index contributed by atoms with van der Waals surface area (Å²) in [5.74, 6) is 0.538. The fourth-order valence-electron chi connectivity index (χ4n) is 1.57. The minimum atomic E-state index is -3.40. The average molecular weight is 419 g/mol. The molecule has 0 aliphatic carbocycles. The van der Waals surface area contributed by atoms with Crippen LogP contribution in [0.25, 0.3) is 0 Å². The van der Waals surface area contributed by atoms with Gasteiger partial charge in [0.05, 0.1) is 8.68 Å². The molecule has 0 fully saturated rings. The van der Waals surface area contributed by atoms with E-state index in [-0.39, 0.29) is 4.83 Å². The van der Waals surface area contributed by atoms with Crippen LogP contribution in [0.2, 0.25) is 0 Å². The second kappa shape index (κ2) is 6.83. The number of aryl methyl sites for hydroxylation is 1. The second-order valence-corrected chi connectivity index (χ2v) is 10.2. The first kappa shape index (κ1) is 16.6. The zero-order valence-electron chi connectivity index (χ0n) is 10.5. The Kier molecular flexibility index (Phi) is 6.31. The van der Waals surface area contributed by atoms with Crippen LogP contribution in [-0.4, -0.2) is 19.8 Å². The summed E-state index contributed by atoms with van der Waals surface area (Å²) < 4.78 is 27.7. The van der Waals surface area contributed by atoms with Gasteiger partial charge in [-0.1, -0.05) is 29.8 Å². The molecule has 0 saturated heterocycles. The first-order valence-corrected chi connectivity index (χ1v) is 9.63. The van der Waals surface area contributed by atoms with Crippen molar-refractivity contribution >= 4 is 53.2 Å². The number of alkyl halides is 1. The molecule has 0 spiro atoms. The van der Waals surface area contributed by atoms with Gasteiger partial charge >= 0.3 is 0 Å². The minimum absolute atomic E-state index is 0.162. The van der Waals surface area contributed by atoms with Crippen LogP contribution in [0.5, 0.6) is 0 Å². The molecule has 104 valence electrons. The highest BCUT2D eigenvalue weighted by atomic mass is 79.9. The Morgan fingerprint density at radius 3 is 2.50 bits per heavy atom. The van der Waals surface area contributed by atoms with Gasteiger partial charge in [0.2, 0.25) is 10.0 Å². The first-order valence-electron chi connectivity index (χ1n) is 5.62. The van der Waals surface area contributed by atoms with Crippen LogP contribution in [0.15, 0.2) is 14.7 Å². The number of rotatable bonds is 6. The summed E-state index contributed by atoms with van der Waals surface area (Å²) in [5.41, 5.74) is 0. The van der Waals surface area contributed by atoms with E-state index in [9.17, 15) is 8.42 Å². The van der Waals surface area contributed by atoms with E-state index in [0.29, 0.717) is 17.4 Å². The van der Waals surface area contributed by atoms with Crippen molar-refractivity contribution in [2.45, 2.75) is 36.9 Å². The van der Waals surface area contributed by atoms with E-state index >= 15 is 0 Å². The van der Waals surface area contributed by atoms with Crippen molar-refractivity contribution in [2.24, 2.45) is 5.92 Å². The number of hydrogen-bond donors (Lipinski definition) is 1. The molecule has 7 heteroatoms. The predicted octanol–water partition coefficient (Wildman–Crippen LogP) is 3.91. The Balaban J connectivity index is 2.69. The average Bonchev–Trinajstić information content (AvgIpc) is 2.55. The molecule has 0 amide bonds. The SMILES string of the molecule is Cc1sc(Br)cc1S(=O)(=O)NCC(Br)CC(C)C. The van der Waals surface area contributed by atoms with Gasteiger partial charge in [-0.25, -0.2) is 13.1 Å². The van der Waals surface area contributed by atoms with Crippen molar-refractivity contribution in [3.8, 4) is 0 Å². The largest absolute Gasteiger partial charge is 0.241 e. The molecule has 0 aromatic carbocycles. The molecule has 0 aliphatic rings. The standard InChI is InChI=1S/C11H17Br2NO2S2/c1-7(2)4-9(12)6-14-18(15,16)10-5-11(13)17-8(10)3/h5,7,9,14H,4,6H2,1-3H3. The number of hydrogen-bond acceptors (Lipinski definition) is 3. The molecule has 18 heavy (non-hydrogen) atoms. The van der Waals surface area contributed by atoms with Gasteiger partial charge in [-0.05, 0) is 41.3 Å². The Hall–Kier alpha value is 0.570. The van der Waals surface area contributed by atoms with Gasteiger partial charge in [0.25, 0.3) is 0 Å². The van der Waals surface area contributed by atoms with Gasteiger partial charge in [0, 0.05) is 16.2 Å². The van der Waals surface area contributed by atoms with Crippen LogP contribution in [0.3, 0.4) is 0 Å². The maximum absolute atomic E-state index is 12.1. The molecule has 1 N–H and O–H groups in total. The normalized spacial score (nSPS) is 14.1. The lowest BCUT2D eigenvalue weighted by molar-refractivity contribution is 0.551. The lowest BCUT2D eigenvalue weighted by atomic mass is 10.1. The fraction of sp³-hybridized carbons (Fsp3) is 0.636. The summed E-state index contributed by atoms with van der Waals surface area (Å²) in [4.78, 5) is 1.32. The van der Waals surface area contributed by atoms with Crippen LogP contribution >= 0.6 is 43.2 Å². The van der Waals surface area contributed by atoms with Crippen molar-refractivity contribution in [2.75, 3.05) is 6.54 Å². The molecule has 1 heterocycles. The van der Waals surface area contributed by atoms with Gasteiger partial charge in [0.15, 0.2) is 0 Å². The summed E-state index contributed by atoms with van der Waals surface area (Å²) in [6, 6.07) is 1.65. The van der Waals surface area contributed by atoms with E-state index in [2.05, 4.69) is 50.4 Å². The second-order valence-electron chi connectivity index (χ2n) is 4.55. The molecule has 1 aromatic rings. The maximum atomic E-state index is 12.1.